The minimum atomic E-state index is -0.0994. The maximum absolute atomic E-state index is 4.58. The monoisotopic (exact) mass is 736 g/mol. The Morgan fingerprint density at radius 3 is 2.25 bits per heavy atom. The van der Waals surface area contributed by atoms with Crippen molar-refractivity contribution in [3.05, 3.63) is 223 Å². The summed E-state index contributed by atoms with van der Waals surface area (Å²) in [6.07, 6.45) is 25.7. The van der Waals surface area contributed by atoms with Crippen molar-refractivity contribution in [2.45, 2.75) is 32.1 Å². The zero-order valence-electron chi connectivity index (χ0n) is 32.0. The zero-order valence-corrected chi connectivity index (χ0v) is 32.8. The molecule has 0 saturated carbocycles. The molecule has 0 amide bonds. The van der Waals surface area contributed by atoms with Crippen LogP contribution in [0.1, 0.15) is 54.5 Å². The van der Waals surface area contributed by atoms with Gasteiger partial charge >= 0.3 is 0 Å². The molecule has 0 N–H and O–H groups in total. The lowest BCUT2D eigenvalue weighted by molar-refractivity contribution is 0.666. The van der Waals surface area contributed by atoms with E-state index in [0.29, 0.717) is 0 Å². The first-order chi connectivity index (χ1) is 27.5. The number of rotatable bonds is 5. The van der Waals surface area contributed by atoms with Crippen molar-refractivity contribution in [2.24, 2.45) is 0 Å². The second-order valence-electron chi connectivity index (χ2n) is 15.2. The fourth-order valence-electron chi connectivity index (χ4n) is 8.69. The Labute approximate surface area is 334 Å². The molecule has 0 fully saturated rings. The summed E-state index contributed by atoms with van der Waals surface area (Å²) >= 11 is 1.89. The summed E-state index contributed by atoms with van der Waals surface area (Å²) in [4.78, 5) is 0. The molecule has 0 saturated heterocycles. The van der Waals surface area contributed by atoms with Crippen LogP contribution in [0.5, 0.6) is 0 Å². The highest BCUT2D eigenvalue weighted by Gasteiger charge is 2.37. The van der Waals surface area contributed by atoms with Crippen molar-refractivity contribution in [3.63, 3.8) is 0 Å². The van der Waals surface area contributed by atoms with E-state index in [0.717, 1.165) is 24.0 Å². The minimum Gasteiger partial charge on any atom is -0.135 e. The van der Waals surface area contributed by atoms with E-state index in [2.05, 4.69) is 215 Å². The van der Waals surface area contributed by atoms with Gasteiger partial charge in [-0.2, -0.15) is 0 Å². The lowest BCUT2D eigenvalue weighted by atomic mass is 9.80. The minimum absolute atomic E-state index is 0.0994. The van der Waals surface area contributed by atoms with Gasteiger partial charge in [0.1, 0.15) is 0 Å². The Bertz CT molecular complexity index is 2950. The van der Waals surface area contributed by atoms with Gasteiger partial charge in [0.25, 0.3) is 0 Å². The maximum atomic E-state index is 4.58. The quantitative estimate of drug-likeness (QED) is 0.154. The van der Waals surface area contributed by atoms with Crippen LogP contribution in [0.15, 0.2) is 195 Å². The van der Waals surface area contributed by atoms with Crippen molar-refractivity contribution in [3.8, 4) is 11.1 Å². The second kappa shape index (κ2) is 15.1. The molecular weight excluding hydrogens is 693 g/mol. The molecule has 7 aromatic rings. The highest BCUT2D eigenvalue weighted by Crippen LogP contribution is 2.53. The van der Waals surface area contributed by atoms with Gasteiger partial charge in [0.05, 0.1) is 0 Å². The van der Waals surface area contributed by atoms with Crippen molar-refractivity contribution >= 4 is 70.3 Å². The van der Waals surface area contributed by atoms with E-state index >= 15 is 0 Å². The van der Waals surface area contributed by atoms with Gasteiger partial charge in [-0.15, -0.1) is 11.3 Å². The van der Waals surface area contributed by atoms with E-state index in [1.54, 1.807) is 0 Å². The summed E-state index contributed by atoms with van der Waals surface area (Å²) in [5, 5.41) is 7.83. The van der Waals surface area contributed by atoms with Crippen LogP contribution in [0, 0.1) is 0 Å². The van der Waals surface area contributed by atoms with Crippen molar-refractivity contribution < 1.29 is 0 Å². The number of benzene rings is 5. The van der Waals surface area contributed by atoms with E-state index in [4.69, 9.17) is 0 Å². The molecule has 0 aliphatic heterocycles. The molecule has 0 bridgehead atoms. The van der Waals surface area contributed by atoms with Gasteiger partial charge in [-0.25, -0.2) is 0 Å². The van der Waals surface area contributed by atoms with Gasteiger partial charge in [0, 0.05) is 25.6 Å². The molecule has 0 atom stereocenters. The van der Waals surface area contributed by atoms with Gasteiger partial charge in [0.15, 0.2) is 0 Å². The molecule has 1 heteroatoms. The molecule has 2 aliphatic carbocycles. The Hall–Kier alpha value is -6.28. The highest BCUT2D eigenvalue weighted by atomic mass is 32.1. The van der Waals surface area contributed by atoms with E-state index < -0.39 is 0 Å². The van der Waals surface area contributed by atoms with Crippen LogP contribution < -0.4 is 0 Å². The van der Waals surface area contributed by atoms with Gasteiger partial charge in [-0.1, -0.05) is 196 Å². The molecule has 0 spiro atoms. The van der Waals surface area contributed by atoms with Crippen LogP contribution in [0.2, 0.25) is 0 Å². The van der Waals surface area contributed by atoms with Gasteiger partial charge in [-0.3, -0.25) is 0 Å². The van der Waals surface area contributed by atoms with Gasteiger partial charge in [0.2, 0.25) is 0 Å². The number of hydrogen-bond acceptors (Lipinski definition) is 1. The number of thiophene rings is 1. The van der Waals surface area contributed by atoms with Crippen LogP contribution in [-0.4, -0.2) is 0 Å². The van der Waals surface area contributed by atoms with Crippen molar-refractivity contribution in [1.82, 2.24) is 0 Å². The molecule has 1 aromatic heterocycles. The third-order valence-electron chi connectivity index (χ3n) is 11.4. The third kappa shape index (κ3) is 6.49. The van der Waals surface area contributed by atoms with Crippen LogP contribution in [0.25, 0.3) is 70.1 Å². The fourth-order valence-corrected chi connectivity index (χ4v) is 9.81. The van der Waals surface area contributed by atoms with Crippen molar-refractivity contribution in [2.75, 3.05) is 0 Å². The normalized spacial score (nSPS) is 16.5. The van der Waals surface area contributed by atoms with E-state index in [1.807, 2.05) is 11.3 Å². The van der Waals surface area contributed by atoms with E-state index in [9.17, 15) is 0 Å². The molecule has 2 aliphatic rings. The topological polar surface area (TPSA) is 0 Å². The summed E-state index contributed by atoms with van der Waals surface area (Å²) in [6.45, 7) is 9.35. The molecular formula is C55H44S. The highest BCUT2D eigenvalue weighted by molar-refractivity contribution is 7.26. The molecule has 1 heterocycles. The molecule has 6 aromatic carbocycles. The molecule has 56 heavy (non-hydrogen) atoms. The zero-order chi connectivity index (χ0) is 38.1. The lowest BCUT2D eigenvalue weighted by Crippen LogP contribution is -2.15. The van der Waals surface area contributed by atoms with Crippen molar-refractivity contribution in [1.29, 1.82) is 0 Å². The second-order valence-corrected chi connectivity index (χ2v) is 16.3. The standard InChI is InChI=1S/C55H44S/c1-38(41-25-13-9-10-14-26-42(44-28-18-17-27-43(41)44)40-23-11-7-5-4-6-8-12-24-40)21-15-16-22-39-31-35-50-49(37-39)47-33-32-45-46(54(47)55(50,2)3)34-36-52-53(45)48-29-19-20-30-51(48)56-52/h4-5,7-22,24-37H,1,6,23H2,2-3H3/b5-4-,10-9?,11-7-,12-8-,13-9?,14-10?,21-15-,22-16+,25-13?,26-14?,40-24?,41-25?,42-26?,43-41?,44-42?. The number of fused-ring (bicyclic) bond motifs is 10. The average molecular weight is 737 g/mol. The fraction of sp³-hybridized carbons (Fsp3) is 0.0909. The summed E-state index contributed by atoms with van der Waals surface area (Å²) in [6, 6.07) is 46.8. The Kier molecular flexibility index (Phi) is 9.55. The summed E-state index contributed by atoms with van der Waals surface area (Å²) in [5.41, 5.74) is 11.2. The van der Waals surface area contributed by atoms with E-state index in [1.165, 1.54) is 80.7 Å². The summed E-state index contributed by atoms with van der Waals surface area (Å²) in [5.74, 6) is 0. The van der Waals surface area contributed by atoms with Crippen LogP contribution in [-0.2, 0) is 5.41 Å². The number of allylic oxidation sites excluding steroid dienone is 12. The predicted molar refractivity (Wildman–Crippen MR) is 248 cm³/mol. The maximum Gasteiger partial charge on any atom is 0.0361 e. The van der Waals surface area contributed by atoms with Crippen LogP contribution >= 0.6 is 11.3 Å². The molecule has 270 valence electrons. The summed E-state index contributed by atoms with van der Waals surface area (Å²) in [7, 11) is 0. The van der Waals surface area contributed by atoms with E-state index in [-0.39, 0.29) is 5.41 Å². The predicted octanol–water partition coefficient (Wildman–Crippen LogP) is 15.9. The number of hydrogen-bond donors (Lipinski definition) is 0. The Balaban J connectivity index is 1.05. The average Bonchev–Trinajstić information content (AvgIpc) is 3.72. The molecule has 9 rings (SSSR count). The first-order valence-electron chi connectivity index (χ1n) is 19.6. The smallest absolute Gasteiger partial charge is 0.0361 e. The molecule has 0 radical (unpaired) electrons. The first-order valence-corrected chi connectivity index (χ1v) is 20.4. The SMILES string of the molecule is C=C(/C=C\C=C\c1ccc2c(c1)-c1ccc3c(ccc4sc5ccccc5c43)c1C2(C)C)c1ccccccc(C2=C/C=C\C/C=C\C=C/C2)c2ccccc12. The Morgan fingerprint density at radius 2 is 1.36 bits per heavy atom. The largest absolute Gasteiger partial charge is 0.135 e. The summed E-state index contributed by atoms with van der Waals surface area (Å²) < 4.78 is 2.70. The molecule has 0 nitrogen and oxygen atoms in total. The lowest BCUT2D eigenvalue weighted by Gasteiger charge is -2.23. The first kappa shape index (κ1) is 35.4. The van der Waals surface area contributed by atoms with Gasteiger partial charge in [-0.05, 0) is 103 Å². The van der Waals surface area contributed by atoms with Crippen LogP contribution in [0.4, 0.5) is 0 Å². The van der Waals surface area contributed by atoms with Crippen LogP contribution in [0.3, 0.4) is 0 Å². The third-order valence-corrected chi connectivity index (χ3v) is 12.5. The van der Waals surface area contributed by atoms with Gasteiger partial charge < -0.3 is 0 Å². The molecule has 0 unspecified atom stereocenters. The Morgan fingerprint density at radius 1 is 0.607 bits per heavy atom.